The zero-order chi connectivity index (χ0) is 13.9. The van der Waals surface area contributed by atoms with Gasteiger partial charge < -0.3 is 20.8 Å². The number of carbonyl (C=O) groups excluding carboxylic acids is 1. The van der Waals surface area contributed by atoms with Crippen LogP contribution >= 0.6 is 0 Å². The molecular formula is C12H16N2O4. The summed E-state index contributed by atoms with van der Waals surface area (Å²) in [5.41, 5.74) is -0.713. The van der Waals surface area contributed by atoms with Crippen LogP contribution in [0.4, 0.5) is 5.69 Å². The molecular weight excluding hydrogens is 236 g/mol. The van der Waals surface area contributed by atoms with Gasteiger partial charge >= 0.3 is 5.97 Å². The molecule has 0 aliphatic rings. The summed E-state index contributed by atoms with van der Waals surface area (Å²) in [5.74, 6) is -1.89. The van der Waals surface area contributed by atoms with Crippen molar-refractivity contribution in [3.63, 3.8) is 0 Å². The molecule has 4 N–H and O–H groups in total. The lowest BCUT2D eigenvalue weighted by atomic mass is 10.0. The molecule has 18 heavy (non-hydrogen) atoms. The van der Waals surface area contributed by atoms with Crippen LogP contribution in [-0.2, 0) is 4.79 Å². The largest absolute Gasteiger partial charge is 0.507 e. The molecule has 0 saturated heterocycles. The van der Waals surface area contributed by atoms with Crippen molar-refractivity contribution in [2.45, 2.75) is 19.4 Å². The Hall–Kier alpha value is -2.08. The highest BCUT2D eigenvalue weighted by Crippen LogP contribution is 2.22. The third-order valence-electron chi connectivity index (χ3n) is 2.68. The van der Waals surface area contributed by atoms with E-state index in [0.717, 1.165) is 0 Å². The van der Waals surface area contributed by atoms with Crippen LogP contribution in [-0.4, -0.2) is 34.7 Å². The molecule has 0 atom stereocenters. The summed E-state index contributed by atoms with van der Waals surface area (Å²) in [4.78, 5) is 22.7. The molecule has 1 aromatic rings. The van der Waals surface area contributed by atoms with E-state index >= 15 is 0 Å². The Labute approximate surface area is 105 Å². The molecule has 98 valence electrons. The average Bonchev–Trinajstić information content (AvgIpc) is 2.31. The van der Waals surface area contributed by atoms with Crippen molar-refractivity contribution in [1.82, 2.24) is 5.32 Å². The van der Waals surface area contributed by atoms with Gasteiger partial charge in [-0.2, -0.15) is 0 Å². The summed E-state index contributed by atoms with van der Waals surface area (Å²) in [6.45, 7) is 3.39. The number of carboxylic acids is 1. The smallest absolute Gasteiger partial charge is 0.339 e. The summed E-state index contributed by atoms with van der Waals surface area (Å²) in [6, 6.07) is 3.87. The first kappa shape index (κ1) is 14.0. The number of nitrogens with one attached hydrogen (secondary N) is 2. The van der Waals surface area contributed by atoms with E-state index in [0.29, 0.717) is 5.69 Å². The minimum Gasteiger partial charge on any atom is -0.507 e. The SMILES string of the molecule is CNC(C)(C)C(=O)Nc1ccc(O)c(C(=O)O)c1. The highest BCUT2D eigenvalue weighted by Gasteiger charge is 2.25. The molecule has 0 aliphatic heterocycles. The third kappa shape index (κ3) is 2.98. The quantitative estimate of drug-likeness (QED) is 0.600. The number of hydrogen-bond donors (Lipinski definition) is 4. The minimum atomic E-state index is -1.25. The number of likely N-dealkylation sites (N-methyl/N-ethyl adjacent to an activating group) is 1. The summed E-state index contributed by atoms with van der Waals surface area (Å²) >= 11 is 0. The van der Waals surface area contributed by atoms with Crippen molar-refractivity contribution in [2.24, 2.45) is 0 Å². The van der Waals surface area contributed by atoms with Gasteiger partial charge in [-0.05, 0) is 39.1 Å². The number of benzene rings is 1. The van der Waals surface area contributed by atoms with Gasteiger partial charge in [-0.1, -0.05) is 0 Å². The van der Waals surface area contributed by atoms with Crippen molar-refractivity contribution in [1.29, 1.82) is 0 Å². The second kappa shape index (κ2) is 5.05. The molecule has 0 bridgehead atoms. The van der Waals surface area contributed by atoms with Crippen LogP contribution in [0.25, 0.3) is 0 Å². The van der Waals surface area contributed by atoms with Crippen molar-refractivity contribution in [3.8, 4) is 5.75 Å². The first-order valence-corrected chi connectivity index (χ1v) is 5.34. The number of carboxylic acid groups (broad SMARTS) is 1. The number of aromatic hydroxyl groups is 1. The van der Waals surface area contributed by atoms with Gasteiger partial charge in [-0.15, -0.1) is 0 Å². The fourth-order valence-electron chi connectivity index (χ4n) is 1.19. The van der Waals surface area contributed by atoms with Crippen molar-refractivity contribution >= 4 is 17.6 Å². The first-order chi connectivity index (χ1) is 8.27. The molecule has 6 nitrogen and oxygen atoms in total. The van der Waals surface area contributed by atoms with E-state index in [9.17, 15) is 14.7 Å². The van der Waals surface area contributed by atoms with E-state index < -0.39 is 11.5 Å². The molecule has 1 amide bonds. The van der Waals surface area contributed by atoms with Crippen LogP contribution in [0.15, 0.2) is 18.2 Å². The monoisotopic (exact) mass is 252 g/mol. The van der Waals surface area contributed by atoms with E-state index in [-0.39, 0.29) is 17.2 Å². The maximum Gasteiger partial charge on any atom is 0.339 e. The molecule has 0 aliphatic carbocycles. The lowest BCUT2D eigenvalue weighted by molar-refractivity contribution is -0.121. The van der Waals surface area contributed by atoms with E-state index in [1.807, 2.05) is 0 Å². The summed E-state index contributed by atoms with van der Waals surface area (Å²) in [7, 11) is 1.65. The van der Waals surface area contributed by atoms with Crippen LogP contribution in [0.1, 0.15) is 24.2 Å². The zero-order valence-corrected chi connectivity index (χ0v) is 10.4. The Morgan fingerprint density at radius 3 is 2.39 bits per heavy atom. The number of carbonyl (C=O) groups is 2. The Bertz CT molecular complexity index is 483. The maximum atomic E-state index is 11.8. The summed E-state index contributed by atoms with van der Waals surface area (Å²) < 4.78 is 0. The molecule has 0 saturated carbocycles. The molecule has 0 radical (unpaired) electrons. The van der Waals surface area contributed by atoms with E-state index in [4.69, 9.17) is 5.11 Å². The van der Waals surface area contributed by atoms with Crippen LogP contribution in [0.2, 0.25) is 0 Å². The third-order valence-corrected chi connectivity index (χ3v) is 2.68. The standard InChI is InChI=1S/C12H16N2O4/c1-12(2,13-3)11(18)14-7-4-5-9(15)8(6-7)10(16)17/h4-6,13,15H,1-3H3,(H,14,18)(H,16,17). The maximum absolute atomic E-state index is 11.8. The molecule has 0 fully saturated rings. The molecule has 1 rings (SSSR count). The van der Waals surface area contributed by atoms with E-state index in [1.54, 1.807) is 20.9 Å². The fourth-order valence-corrected chi connectivity index (χ4v) is 1.19. The van der Waals surface area contributed by atoms with Crippen molar-refractivity contribution in [3.05, 3.63) is 23.8 Å². The second-order valence-corrected chi connectivity index (χ2v) is 4.37. The van der Waals surface area contributed by atoms with Crippen LogP contribution in [0.5, 0.6) is 5.75 Å². The van der Waals surface area contributed by atoms with Crippen LogP contribution in [0, 0.1) is 0 Å². The van der Waals surface area contributed by atoms with Gasteiger partial charge in [0.15, 0.2) is 0 Å². The van der Waals surface area contributed by atoms with Crippen LogP contribution in [0.3, 0.4) is 0 Å². The number of rotatable bonds is 4. The Morgan fingerprint density at radius 2 is 1.89 bits per heavy atom. The topological polar surface area (TPSA) is 98.7 Å². The zero-order valence-electron chi connectivity index (χ0n) is 10.4. The van der Waals surface area contributed by atoms with Gasteiger partial charge in [-0.25, -0.2) is 4.79 Å². The second-order valence-electron chi connectivity index (χ2n) is 4.37. The predicted molar refractivity (Wildman–Crippen MR) is 66.8 cm³/mol. The van der Waals surface area contributed by atoms with Gasteiger partial charge in [-0.3, -0.25) is 4.79 Å². The molecule has 1 aromatic carbocycles. The molecule has 0 aromatic heterocycles. The minimum absolute atomic E-state index is 0.255. The Balaban J connectivity index is 2.96. The fraction of sp³-hybridized carbons (Fsp3) is 0.333. The molecule has 0 unspecified atom stereocenters. The van der Waals surface area contributed by atoms with E-state index in [2.05, 4.69) is 10.6 Å². The van der Waals surface area contributed by atoms with E-state index in [1.165, 1.54) is 18.2 Å². The number of phenols is 1. The highest BCUT2D eigenvalue weighted by atomic mass is 16.4. The molecule has 6 heteroatoms. The van der Waals surface area contributed by atoms with Gasteiger partial charge in [0.25, 0.3) is 0 Å². The van der Waals surface area contributed by atoms with Gasteiger partial charge in [0, 0.05) is 5.69 Å². The average molecular weight is 252 g/mol. The normalized spacial score (nSPS) is 11.1. The lowest BCUT2D eigenvalue weighted by Gasteiger charge is -2.22. The van der Waals surface area contributed by atoms with Crippen molar-refractivity contribution in [2.75, 3.05) is 12.4 Å². The van der Waals surface area contributed by atoms with Gasteiger partial charge in [0.1, 0.15) is 11.3 Å². The Morgan fingerprint density at radius 1 is 1.28 bits per heavy atom. The number of aromatic carboxylic acids is 1. The van der Waals surface area contributed by atoms with Gasteiger partial charge in [0.05, 0.1) is 5.54 Å². The first-order valence-electron chi connectivity index (χ1n) is 5.34. The van der Waals surface area contributed by atoms with Gasteiger partial charge in [0.2, 0.25) is 5.91 Å². The van der Waals surface area contributed by atoms with Crippen molar-refractivity contribution < 1.29 is 19.8 Å². The van der Waals surface area contributed by atoms with Crippen LogP contribution < -0.4 is 10.6 Å². The number of amides is 1. The number of hydrogen-bond acceptors (Lipinski definition) is 4. The lowest BCUT2D eigenvalue weighted by Crippen LogP contribution is -2.47. The molecule has 0 spiro atoms. The Kier molecular flexibility index (Phi) is 3.93. The number of anilines is 1. The molecule has 0 heterocycles. The predicted octanol–water partition coefficient (Wildman–Crippen LogP) is 1.03. The summed E-state index contributed by atoms with van der Waals surface area (Å²) in [6.07, 6.45) is 0. The summed E-state index contributed by atoms with van der Waals surface area (Å²) in [5, 5.41) is 23.6. The highest BCUT2D eigenvalue weighted by molar-refractivity contribution is 5.99.